The zero-order valence-corrected chi connectivity index (χ0v) is 15.4. The molecule has 3 fully saturated rings. The van der Waals surface area contributed by atoms with Gasteiger partial charge < -0.3 is 19.6 Å². The number of likely N-dealkylation sites (tertiary alicyclic amines) is 1. The normalized spacial score (nSPS) is 30.4. The number of ether oxygens (including phenoxy) is 1. The summed E-state index contributed by atoms with van der Waals surface area (Å²) in [5.41, 5.74) is 1.41. The van der Waals surface area contributed by atoms with Gasteiger partial charge in [-0.3, -0.25) is 0 Å². The molecule has 4 heteroatoms. The monoisotopic (exact) mass is 344 g/mol. The molecule has 0 bridgehead atoms. The van der Waals surface area contributed by atoms with Crippen molar-refractivity contribution >= 4 is 5.69 Å². The number of hydrogen-bond acceptors (Lipinski definition) is 4. The molecule has 1 aliphatic carbocycles. The predicted molar refractivity (Wildman–Crippen MR) is 101 cm³/mol. The van der Waals surface area contributed by atoms with Crippen LogP contribution in [0.4, 0.5) is 5.69 Å². The van der Waals surface area contributed by atoms with Crippen LogP contribution >= 0.6 is 0 Å². The van der Waals surface area contributed by atoms with Crippen LogP contribution in [0.5, 0.6) is 0 Å². The van der Waals surface area contributed by atoms with E-state index in [4.69, 9.17) is 4.74 Å². The number of anilines is 1. The molecule has 2 heterocycles. The molecule has 1 spiro atoms. The third-order valence-electron chi connectivity index (χ3n) is 6.94. The predicted octanol–water partition coefficient (Wildman–Crippen LogP) is 2.91. The highest BCUT2D eigenvalue weighted by atomic mass is 16.5. The van der Waals surface area contributed by atoms with Crippen LogP contribution in [0.3, 0.4) is 0 Å². The second kappa shape index (κ2) is 7.26. The van der Waals surface area contributed by atoms with Crippen molar-refractivity contribution in [2.24, 2.45) is 5.41 Å². The van der Waals surface area contributed by atoms with Crippen LogP contribution in [0.15, 0.2) is 30.3 Å². The van der Waals surface area contributed by atoms with Crippen LogP contribution in [-0.2, 0) is 4.74 Å². The van der Waals surface area contributed by atoms with E-state index in [0.29, 0.717) is 6.04 Å². The Labute approximate surface area is 151 Å². The van der Waals surface area contributed by atoms with Gasteiger partial charge in [0.25, 0.3) is 0 Å². The summed E-state index contributed by atoms with van der Waals surface area (Å²) in [5, 5.41) is 10.4. The minimum Gasteiger partial charge on any atom is -0.392 e. The SMILES string of the molecule is CCO[C@H]1C[C@@H](O)C12CCN(C1CCN(c3ccccc3)CC1)CC2. The van der Waals surface area contributed by atoms with Gasteiger partial charge in [0.05, 0.1) is 12.2 Å². The van der Waals surface area contributed by atoms with Gasteiger partial charge in [0.15, 0.2) is 0 Å². The summed E-state index contributed by atoms with van der Waals surface area (Å²) in [5.74, 6) is 0. The molecule has 1 saturated carbocycles. The van der Waals surface area contributed by atoms with Gasteiger partial charge in [0.1, 0.15) is 0 Å². The van der Waals surface area contributed by atoms with E-state index in [0.717, 1.165) is 52.0 Å². The van der Waals surface area contributed by atoms with Crippen molar-refractivity contribution in [3.05, 3.63) is 30.3 Å². The number of rotatable bonds is 4. The fourth-order valence-electron chi connectivity index (χ4n) is 5.25. The Morgan fingerprint density at radius 1 is 1.08 bits per heavy atom. The van der Waals surface area contributed by atoms with Gasteiger partial charge >= 0.3 is 0 Å². The number of para-hydroxylation sites is 1. The number of hydrogen-bond donors (Lipinski definition) is 1. The van der Waals surface area contributed by atoms with E-state index in [1.54, 1.807) is 0 Å². The highest BCUT2D eigenvalue weighted by molar-refractivity contribution is 5.46. The standard InChI is InChI=1S/C21H32N2O2/c1-2-25-20-16-19(24)21(20)10-14-23(15-11-21)18-8-12-22(13-9-18)17-6-4-3-5-7-17/h3-7,18-20,24H,2,8-16H2,1H3/t19-,20+/m1/s1. The lowest BCUT2D eigenvalue weighted by atomic mass is 9.58. The summed E-state index contributed by atoms with van der Waals surface area (Å²) in [6, 6.07) is 11.5. The molecule has 3 aliphatic rings. The lowest BCUT2D eigenvalue weighted by molar-refractivity contribution is -0.211. The van der Waals surface area contributed by atoms with Gasteiger partial charge in [-0.15, -0.1) is 0 Å². The number of nitrogens with zero attached hydrogens (tertiary/aromatic N) is 2. The van der Waals surface area contributed by atoms with Crippen LogP contribution < -0.4 is 4.90 Å². The third kappa shape index (κ3) is 3.20. The van der Waals surface area contributed by atoms with E-state index in [1.807, 2.05) is 0 Å². The summed E-state index contributed by atoms with van der Waals surface area (Å²) < 4.78 is 5.90. The van der Waals surface area contributed by atoms with Crippen molar-refractivity contribution < 1.29 is 9.84 Å². The molecule has 2 saturated heterocycles. The average molecular weight is 344 g/mol. The first kappa shape index (κ1) is 17.3. The van der Waals surface area contributed by atoms with Gasteiger partial charge in [0, 0.05) is 43.3 Å². The van der Waals surface area contributed by atoms with Crippen molar-refractivity contribution in [2.75, 3.05) is 37.7 Å². The smallest absolute Gasteiger partial charge is 0.0681 e. The molecular weight excluding hydrogens is 312 g/mol. The Kier molecular flexibility index (Phi) is 5.03. The molecule has 4 rings (SSSR count). The second-order valence-corrected chi connectivity index (χ2v) is 8.02. The van der Waals surface area contributed by atoms with E-state index >= 15 is 0 Å². The molecule has 25 heavy (non-hydrogen) atoms. The largest absolute Gasteiger partial charge is 0.392 e. The van der Waals surface area contributed by atoms with Crippen LogP contribution in [0.2, 0.25) is 0 Å². The topological polar surface area (TPSA) is 35.9 Å². The van der Waals surface area contributed by atoms with Crippen LogP contribution in [-0.4, -0.2) is 61.0 Å². The number of benzene rings is 1. The first-order valence-corrected chi connectivity index (χ1v) is 10.1. The molecular formula is C21H32N2O2. The Morgan fingerprint density at radius 2 is 1.76 bits per heavy atom. The van der Waals surface area contributed by atoms with Gasteiger partial charge in [-0.05, 0) is 57.8 Å². The first-order chi connectivity index (χ1) is 12.2. The molecule has 2 atom stereocenters. The Hall–Kier alpha value is -1.10. The van der Waals surface area contributed by atoms with Crippen molar-refractivity contribution in [3.8, 4) is 0 Å². The maximum absolute atomic E-state index is 10.4. The van der Waals surface area contributed by atoms with Crippen molar-refractivity contribution in [1.29, 1.82) is 0 Å². The molecule has 0 aromatic heterocycles. The lowest BCUT2D eigenvalue weighted by Gasteiger charge is -2.57. The van der Waals surface area contributed by atoms with Crippen molar-refractivity contribution in [2.45, 2.75) is 57.3 Å². The molecule has 0 unspecified atom stereocenters. The minimum absolute atomic E-state index is 0.0528. The number of aliphatic hydroxyl groups excluding tert-OH is 1. The zero-order valence-electron chi connectivity index (χ0n) is 15.4. The second-order valence-electron chi connectivity index (χ2n) is 8.02. The summed E-state index contributed by atoms with van der Waals surface area (Å²) in [4.78, 5) is 5.20. The zero-order chi connectivity index (χ0) is 17.3. The highest BCUT2D eigenvalue weighted by Gasteiger charge is 2.56. The lowest BCUT2D eigenvalue weighted by Crippen LogP contribution is -2.63. The quantitative estimate of drug-likeness (QED) is 0.911. The summed E-state index contributed by atoms with van der Waals surface area (Å²) >= 11 is 0. The van der Waals surface area contributed by atoms with E-state index in [-0.39, 0.29) is 17.6 Å². The van der Waals surface area contributed by atoms with E-state index in [2.05, 4.69) is 47.1 Å². The van der Waals surface area contributed by atoms with Gasteiger partial charge in [-0.1, -0.05) is 18.2 Å². The molecule has 138 valence electrons. The Balaban J connectivity index is 1.29. The average Bonchev–Trinajstić information content (AvgIpc) is 2.69. The first-order valence-electron chi connectivity index (χ1n) is 10.1. The summed E-state index contributed by atoms with van der Waals surface area (Å²) in [6.45, 7) is 7.38. The highest BCUT2D eigenvalue weighted by Crippen LogP contribution is 2.51. The molecule has 0 radical (unpaired) electrons. The van der Waals surface area contributed by atoms with Gasteiger partial charge in [-0.25, -0.2) is 0 Å². The number of aliphatic hydroxyl groups is 1. The maximum atomic E-state index is 10.4. The van der Waals surface area contributed by atoms with Crippen LogP contribution in [0.1, 0.15) is 39.0 Å². The minimum atomic E-state index is -0.147. The van der Waals surface area contributed by atoms with E-state index in [9.17, 15) is 5.11 Å². The molecule has 1 N–H and O–H groups in total. The summed E-state index contributed by atoms with van der Waals surface area (Å²) in [7, 11) is 0. The van der Waals surface area contributed by atoms with Crippen molar-refractivity contribution in [3.63, 3.8) is 0 Å². The van der Waals surface area contributed by atoms with Crippen LogP contribution in [0.25, 0.3) is 0 Å². The Bertz CT molecular complexity index is 546. The fraction of sp³-hybridized carbons (Fsp3) is 0.714. The molecule has 0 amide bonds. The van der Waals surface area contributed by atoms with E-state index < -0.39 is 0 Å². The number of piperidine rings is 2. The molecule has 4 nitrogen and oxygen atoms in total. The molecule has 1 aromatic rings. The summed E-state index contributed by atoms with van der Waals surface area (Å²) in [6.07, 6.45) is 5.66. The third-order valence-corrected chi connectivity index (χ3v) is 6.94. The molecule has 2 aliphatic heterocycles. The maximum Gasteiger partial charge on any atom is 0.0681 e. The van der Waals surface area contributed by atoms with Gasteiger partial charge in [-0.2, -0.15) is 0 Å². The molecule has 1 aromatic carbocycles. The van der Waals surface area contributed by atoms with Gasteiger partial charge in [0.2, 0.25) is 0 Å². The Morgan fingerprint density at radius 3 is 2.36 bits per heavy atom. The van der Waals surface area contributed by atoms with E-state index in [1.165, 1.54) is 18.5 Å². The van der Waals surface area contributed by atoms with Crippen LogP contribution in [0, 0.1) is 5.41 Å². The van der Waals surface area contributed by atoms with Crippen molar-refractivity contribution in [1.82, 2.24) is 4.90 Å². The fourth-order valence-corrected chi connectivity index (χ4v) is 5.25.